The third-order valence-corrected chi connectivity index (χ3v) is 6.08. The molecule has 142 valence electrons. The molecule has 1 fully saturated rings. The molecule has 0 radical (unpaired) electrons. The maximum absolute atomic E-state index is 12.6. The van der Waals surface area contributed by atoms with Gasteiger partial charge in [0.15, 0.2) is 0 Å². The van der Waals surface area contributed by atoms with Crippen LogP contribution in [0.15, 0.2) is 48.5 Å². The summed E-state index contributed by atoms with van der Waals surface area (Å²) in [6.07, 6.45) is 1.72. The number of piperidine rings is 1. The number of carbonyl (C=O) groups is 1. The minimum atomic E-state index is -0.200. The van der Waals surface area contributed by atoms with Gasteiger partial charge < -0.3 is 15.0 Å². The highest BCUT2D eigenvalue weighted by atomic mass is 35.5. The third kappa shape index (κ3) is 3.75. The molecule has 4 nitrogen and oxygen atoms in total. The summed E-state index contributed by atoms with van der Waals surface area (Å²) in [6, 6.07) is 16.3. The molecule has 2 aliphatic heterocycles. The quantitative estimate of drug-likeness (QED) is 0.865. The maximum atomic E-state index is 12.6. The highest BCUT2D eigenvalue weighted by Gasteiger charge is 2.43. The number of likely N-dealkylation sites (tertiary alicyclic amines) is 1. The van der Waals surface area contributed by atoms with Crippen molar-refractivity contribution in [1.82, 2.24) is 10.2 Å². The summed E-state index contributed by atoms with van der Waals surface area (Å²) in [6.45, 7) is 4.54. The molecular formula is C22H25ClN2O2. The van der Waals surface area contributed by atoms with E-state index in [1.54, 1.807) is 0 Å². The molecule has 0 saturated carbocycles. The second kappa shape index (κ2) is 7.63. The number of carbonyl (C=O) groups excluding carboxylic acids is 1. The Morgan fingerprint density at radius 3 is 2.78 bits per heavy atom. The van der Waals surface area contributed by atoms with E-state index in [1.165, 1.54) is 11.1 Å². The number of hydrogen-bond acceptors (Lipinski definition) is 3. The van der Waals surface area contributed by atoms with Gasteiger partial charge in [0.25, 0.3) is 0 Å². The highest BCUT2D eigenvalue weighted by Crippen LogP contribution is 2.43. The molecule has 0 bridgehead atoms. The number of rotatable bonds is 4. The SMILES string of the molecule is CC(NCC(=O)N1CCC2(CC1)OCc1ccccc12)c1cccc(Cl)c1. The lowest BCUT2D eigenvalue weighted by atomic mass is 9.84. The lowest BCUT2D eigenvalue weighted by Crippen LogP contribution is -2.47. The van der Waals surface area contributed by atoms with E-state index in [2.05, 4.69) is 29.6 Å². The molecule has 2 heterocycles. The summed E-state index contributed by atoms with van der Waals surface area (Å²) in [5.41, 5.74) is 3.48. The molecule has 1 N–H and O–H groups in total. The van der Waals surface area contributed by atoms with Crippen LogP contribution < -0.4 is 5.32 Å². The molecular weight excluding hydrogens is 360 g/mol. The van der Waals surface area contributed by atoms with E-state index in [1.807, 2.05) is 36.1 Å². The van der Waals surface area contributed by atoms with Crippen molar-refractivity contribution in [2.75, 3.05) is 19.6 Å². The first-order chi connectivity index (χ1) is 13.1. The normalized spacial score (nSPS) is 19.1. The topological polar surface area (TPSA) is 41.6 Å². The van der Waals surface area contributed by atoms with Crippen LogP contribution in [-0.4, -0.2) is 30.4 Å². The Hall–Kier alpha value is -1.88. The molecule has 1 unspecified atom stereocenters. The number of benzene rings is 2. The fourth-order valence-electron chi connectivity index (χ4n) is 4.16. The van der Waals surface area contributed by atoms with Crippen LogP contribution in [0.25, 0.3) is 0 Å². The second-order valence-electron chi connectivity index (χ2n) is 7.48. The molecule has 1 atom stereocenters. The molecule has 5 heteroatoms. The van der Waals surface area contributed by atoms with E-state index in [0.29, 0.717) is 18.2 Å². The van der Waals surface area contributed by atoms with E-state index >= 15 is 0 Å². The van der Waals surface area contributed by atoms with Crippen molar-refractivity contribution < 1.29 is 9.53 Å². The maximum Gasteiger partial charge on any atom is 0.236 e. The summed E-state index contributed by atoms with van der Waals surface area (Å²) in [5, 5.41) is 4.03. The van der Waals surface area contributed by atoms with E-state index in [-0.39, 0.29) is 17.6 Å². The van der Waals surface area contributed by atoms with Crippen molar-refractivity contribution in [2.24, 2.45) is 0 Å². The van der Waals surface area contributed by atoms with Gasteiger partial charge in [-0.05, 0) is 48.6 Å². The van der Waals surface area contributed by atoms with Crippen molar-refractivity contribution in [3.63, 3.8) is 0 Å². The first kappa shape index (κ1) is 18.5. The summed E-state index contributed by atoms with van der Waals surface area (Å²) in [7, 11) is 0. The van der Waals surface area contributed by atoms with Gasteiger partial charge in [-0.3, -0.25) is 4.79 Å². The molecule has 4 rings (SSSR count). The van der Waals surface area contributed by atoms with Gasteiger partial charge in [0.05, 0.1) is 18.8 Å². The molecule has 1 saturated heterocycles. The predicted molar refractivity (Wildman–Crippen MR) is 107 cm³/mol. The van der Waals surface area contributed by atoms with Crippen LogP contribution in [0.2, 0.25) is 5.02 Å². The first-order valence-corrected chi connectivity index (χ1v) is 9.94. The molecule has 2 aromatic rings. The number of nitrogens with zero attached hydrogens (tertiary/aromatic N) is 1. The van der Waals surface area contributed by atoms with Crippen molar-refractivity contribution in [3.8, 4) is 0 Å². The Balaban J connectivity index is 1.32. The Morgan fingerprint density at radius 2 is 2.00 bits per heavy atom. The molecule has 27 heavy (non-hydrogen) atoms. The van der Waals surface area contributed by atoms with Gasteiger partial charge in [0, 0.05) is 24.2 Å². The minimum absolute atomic E-state index is 0.0776. The Labute approximate surface area is 165 Å². The van der Waals surface area contributed by atoms with Gasteiger partial charge in [-0.1, -0.05) is 48.0 Å². The van der Waals surface area contributed by atoms with Crippen LogP contribution in [0.5, 0.6) is 0 Å². The van der Waals surface area contributed by atoms with Gasteiger partial charge in [-0.25, -0.2) is 0 Å². The van der Waals surface area contributed by atoms with Crippen molar-refractivity contribution in [3.05, 3.63) is 70.2 Å². The summed E-state index contributed by atoms with van der Waals surface area (Å²) < 4.78 is 6.18. The zero-order chi connectivity index (χ0) is 18.9. The highest BCUT2D eigenvalue weighted by molar-refractivity contribution is 6.30. The Kier molecular flexibility index (Phi) is 5.22. The number of ether oxygens (including phenoxy) is 1. The van der Waals surface area contributed by atoms with E-state index in [4.69, 9.17) is 16.3 Å². The van der Waals surface area contributed by atoms with Crippen LogP contribution >= 0.6 is 11.6 Å². The van der Waals surface area contributed by atoms with Crippen LogP contribution in [0.1, 0.15) is 42.5 Å². The van der Waals surface area contributed by atoms with Crippen molar-refractivity contribution in [1.29, 1.82) is 0 Å². The molecule has 2 aliphatic rings. The fourth-order valence-corrected chi connectivity index (χ4v) is 4.36. The van der Waals surface area contributed by atoms with E-state index in [9.17, 15) is 4.79 Å². The Morgan fingerprint density at radius 1 is 1.22 bits per heavy atom. The van der Waals surface area contributed by atoms with E-state index < -0.39 is 0 Å². The number of hydrogen-bond donors (Lipinski definition) is 1. The van der Waals surface area contributed by atoms with Crippen LogP contribution in [0.3, 0.4) is 0 Å². The van der Waals surface area contributed by atoms with Crippen molar-refractivity contribution >= 4 is 17.5 Å². The average Bonchev–Trinajstić information content (AvgIpc) is 3.05. The summed E-state index contributed by atoms with van der Waals surface area (Å²) in [5.74, 6) is 0.144. The van der Waals surface area contributed by atoms with Crippen LogP contribution in [0.4, 0.5) is 0 Å². The second-order valence-corrected chi connectivity index (χ2v) is 7.91. The summed E-state index contributed by atoms with van der Waals surface area (Å²) in [4.78, 5) is 14.6. The van der Waals surface area contributed by atoms with Gasteiger partial charge >= 0.3 is 0 Å². The zero-order valence-electron chi connectivity index (χ0n) is 15.6. The van der Waals surface area contributed by atoms with Gasteiger partial charge in [0.1, 0.15) is 0 Å². The molecule has 1 spiro atoms. The molecule has 0 aromatic heterocycles. The van der Waals surface area contributed by atoms with Crippen LogP contribution in [-0.2, 0) is 21.7 Å². The van der Waals surface area contributed by atoms with Gasteiger partial charge in [0.2, 0.25) is 5.91 Å². The Bertz CT molecular complexity index is 831. The molecule has 0 aliphatic carbocycles. The molecule has 2 aromatic carbocycles. The number of halogens is 1. The monoisotopic (exact) mass is 384 g/mol. The molecule has 1 amide bonds. The third-order valence-electron chi connectivity index (χ3n) is 5.84. The van der Waals surface area contributed by atoms with Crippen LogP contribution in [0, 0.1) is 0 Å². The first-order valence-electron chi connectivity index (χ1n) is 9.56. The predicted octanol–water partition coefficient (Wildman–Crippen LogP) is 4.04. The van der Waals surface area contributed by atoms with Gasteiger partial charge in [-0.15, -0.1) is 0 Å². The standard InChI is InChI=1S/C22H25ClN2O2/c1-16(17-6-4-7-19(23)13-17)24-14-21(26)25-11-9-22(10-12-25)20-8-3-2-5-18(20)15-27-22/h2-8,13,16,24H,9-12,14-15H2,1H3. The lowest BCUT2D eigenvalue weighted by molar-refractivity contribution is -0.137. The lowest BCUT2D eigenvalue weighted by Gasteiger charge is -2.39. The van der Waals surface area contributed by atoms with Gasteiger partial charge in [-0.2, -0.15) is 0 Å². The average molecular weight is 385 g/mol. The minimum Gasteiger partial charge on any atom is -0.365 e. The number of amides is 1. The zero-order valence-corrected chi connectivity index (χ0v) is 16.3. The van der Waals surface area contributed by atoms with E-state index in [0.717, 1.165) is 31.5 Å². The largest absolute Gasteiger partial charge is 0.365 e. The number of fused-ring (bicyclic) bond motifs is 2. The number of nitrogens with one attached hydrogen (secondary N) is 1. The summed E-state index contributed by atoms with van der Waals surface area (Å²) >= 11 is 6.05. The van der Waals surface area contributed by atoms with Crippen molar-refractivity contribution in [2.45, 2.75) is 38.0 Å². The smallest absolute Gasteiger partial charge is 0.236 e. The fraction of sp³-hybridized carbons (Fsp3) is 0.409.